The molecule has 0 spiro atoms. The third-order valence-electron chi connectivity index (χ3n) is 5.19. The number of aromatic nitrogens is 2. The molecule has 0 atom stereocenters. The molecular formula is C23H25N5O. The molecule has 6 heteroatoms. The minimum absolute atomic E-state index is 0.0691. The number of nitrogens with zero attached hydrogens (tertiary/aromatic N) is 5. The Morgan fingerprint density at radius 2 is 1.62 bits per heavy atom. The highest BCUT2D eigenvalue weighted by Crippen LogP contribution is 2.19. The van der Waals surface area contributed by atoms with E-state index in [1.165, 1.54) is 0 Å². The average Bonchev–Trinajstić information content (AvgIpc) is 2.80. The van der Waals surface area contributed by atoms with Gasteiger partial charge in [-0.05, 0) is 29.8 Å². The second-order valence-electron chi connectivity index (χ2n) is 7.21. The molecule has 1 aliphatic heterocycles. The van der Waals surface area contributed by atoms with Gasteiger partial charge in [0.2, 0.25) is 0 Å². The van der Waals surface area contributed by atoms with Crippen LogP contribution in [0.2, 0.25) is 0 Å². The predicted octanol–water partition coefficient (Wildman–Crippen LogP) is 3.08. The molecule has 2 aromatic heterocycles. The highest BCUT2D eigenvalue weighted by atomic mass is 16.2. The van der Waals surface area contributed by atoms with Crippen LogP contribution in [0, 0.1) is 0 Å². The fourth-order valence-corrected chi connectivity index (χ4v) is 3.56. The van der Waals surface area contributed by atoms with Gasteiger partial charge < -0.3 is 14.7 Å². The van der Waals surface area contributed by atoms with Crippen LogP contribution in [0.25, 0.3) is 0 Å². The van der Waals surface area contributed by atoms with E-state index in [1.54, 1.807) is 11.1 Å². The number of rotatable bonds is 5. The van der Waals surface area contributed by atoms with E-state index in [0.717, 1.165) is 43.2 Å². The highest BCUT2D eigenvalue weighted by molar-refractivity contribution is 5.92. The summed E-state index contributed by atoms with van der Waals surface area (Å²) in [7, 11) is 1.81. The highest BCUT2D eigenvalue weighted by Gasteiger charge is 2.19. The second kappa shape index (κ2) is 8.73. The molecule has 3 heterocycles. The van der Waals surface area contributed by atoms with E-state index in [-0.39, 0.29) is 5.91 Å². The van der Waals surface area contributed by atoms with Crippen molar-refractivity contribution in [3.63, 3.8) is 0 Å². The first-order valence-corrected chi connectivity index (χ1v) is 9.87. The molecule has 0 unspecified atom stereocenters. The van der Waals surface area contributed by atoms with Crippen LogP contribution in [0.4, 0.5) is 11.5 Å². The maximum atomic E-state index is 12.7. The zero-order chi connectivity index (χ0) is 20.1. The third kappa shape index (κ3) is 4.54. The van der Waals surface area contributed by atoms with Crippen molar-refractivity contribution in [1.29, 1.82) is 0 Å². The molecule has 6 nitrogen and oxygen atoms in total. The Hall–Kier alpha value is -3.41. The lowest BCUT2D eigenvalue weighted by Crippen LogP contribution is -2.46. The lowest BCUT2D eigenvalue weighted by Gasteiger charge is -2.36. The van der Waals surface area contributed by atoms with E-state index in [9.17, 15) is 4.79 Å². The maximum Gasteiger partial charge on any atom is 0.272 e. The molecule has 148 valence electrons. The van der Waals surface area contributed by atoms with E-state index in [1.807, 2.05) is 73.9 Å². The van der Waals surface area contributed by atoms with Gasteiger partial charge in [-0.2, -0.15) is 0 Å². The monoisotopic (exact) mass is 387 g/mol. The summed E-state index contributed by atoms with van der Waals surface area (Å²) in [5.74, 6) is 0.952. The number of carbonyl (C=O) groups is 1. The number of amides is 1. The summed E-state index contributed by atoms with van der Waals surface area (Å²) in [6.45, 7) is 4.20. The second-order valence-corrected chi connectivity index (χ2v) is 7.21. The Balaban J connectivity index is 1.35. The van der Waals surface area contributed by atoms with Gasteiger partial charge in [0.05, 0.1) is 11.9 Å². The largest absolute Gasteiger partial charge is 0.367 e. The van der Waals surface area contributed by atoms with Gasteiger partial charge in [-0.3, -0.25) is 4.79 Å². The summed E-state index contributed by atoms with van der Waals surface area (Å²) in [6.07, 6.45) is 3.64. The number of anilines is 2. The van der Waals surface area contributed by atoms with Crippen LogP contribution in [0.5, 0.6) is 0 Å². The molecule has 29 heavy (non-hydrogen) atoms. The molecule has 0 saturated carbocycles. The quantitative estimate of drug-likeness (QED) is 0.673. The van der Waals surface area contributed by atoms with Crippen molar-refractivity contribution in [2.45, 2.75) is 6.54 Å². The molecule has 3 aromatic rings. The molecule has 1 saturated heterocycles. The minimum atomic E-state index is -0.0691. The summed E-state index contributed by atoms with van der Waals surface area (Å²) >= 11 is 0. The normalized spacial score (nSPS) is 14.0. The van der Waals surface area contributed by atoms with Gasteiger partial charge in [0.15, 0.2) is 0 Å². The standard InChI is InChI=1S/C23H25N5O/c1-26(18-19-7-3-2-4-8-19)23(29)21-11-10-20(17-25-21)27-13-15-28(16-14-27)22-9-5-6-12-24-22/h2-12,17H,13-16,18H2,1H3. The smallest absolute Gasteiger partial charge is 0.272 e. The van der Waals surface area contributed by atoms with Crippen LogP contribution in [0.15, 0.2) is 73.1 Å². The summed E-state index contributed by atoms with van der Waals surface area (Å²) in [6, 6.07) is 19.8. The Kier molecular flexibility index (Phi) is 5.70. The van der Waals surface area contributed by atoms with Crippen LogP contribution >= 0.6 is 0 Å². The summed E-state index contributed by atoms with van der Waals surface area (Å²) in [5.41, 5.74) is 2.62. The van der Waals surface area contributed by atoms with Crippen molar-refractivity contribution in [2.24, 2.45) is 0 Å². The fourth-order valence-electron chi connectivity index (χ4n) is 3.56. The van der Waals surface area contributed by atoms with Gasteiger partial charge in [0.1, 0.15) is 11.5 Å². The molecule has 1 aromatic carbocycles. The first kappa shape index (κ1) is 18.9. The molecule has 0 radical (unpaired) electrons. The molecule has 1 amide bonds. The third-order valence-corrected chi connectivity index (χ3v) is 5.19. The van der Waals surface area contributed by atoms with Crippen LogP contribution in [0.3, 0.4) is 0 Å². The van der Waals surface area contributed by atoms with Gasteiger partial charge in [-0.25, -0.2) is 9.97 Å². The first-order chi connectivity index (χ1) is 14.2. The van der Waals surface area contributed by atoms with E-state index in [0.29, 0.717) is 12.2 Å². The molecular weight excluding hydrogens is 362 g/mol. The van der Waals surface area contributed by atoms with Crippen LogP contribution < -0.4 is 9.80 Å². The van der Waals surface area contributed by atoms with E-state index >= 15 is 0 Å². The van der Waals surface area contributed by atoms with E-state index in [2.05, 4.69) is 19.8 Å². The fraction of sp³-hybridized carbons (Fsp3) is 0.261. The van der Waals surface area contributed by atoms with Gasteiger partial charge in [0.25, 0.3) is 5.91 Å². The van der Waals surface area contributed by atoms with Crippen LogP contribution in [-0.2, 0) is 6.54 Å². The predicted molar refractivity (Wildman–Crippen MR) is 115 cm³/mol. The number of pyridine rings is 2. The number of hydrogen-bond acceptors (Lipinski definition) is 5. The lowest BCUT2D eigenvalue weighted by atomic mass is 10.2. The van der Waals surface area contributed by atoms with E-state index in [4.69, 9.17) is 0 Å². The van der Waals surface area contributed by atoms with Gasteiger partial charge in [-0.15, -0.1) is 0 Å². The summed E-state index contributed by atoms with van der Waals surface area (Å²) < 4.78 is 0. The Bertz CT molecular complexity index is 923. The van der Waals surface area contributed by atoms with Crippen molar-refractivity contribution in [1.82, 2.24) is 14.9 Å². The number of benzene rings is 1. The maximum absolute atomic E-state index is 12.7. The topological polar surface area (TPSA) is 52.6 Å². The Morgan fingerprint density at radius 1 is 0.897 bits per heavy atom. The van der Waals surface area contributed by atoms with Crippen molar-refractivity contribution in [3.05, 3.63) is 84.3 Å². The van der Waals surface area contributed by atoms with E-state index < -0.39 is 0 Å². The molecule has 0 aliphatic carbocycles. The number of piperazine rings is 1. The molecule has 4 rings (SSSR count). The van der Waals surface area contributed by atoms with Crippen molar-refractivity contribution >= 4 is 17.4 Å². The first-order valence-electron chi connectivity index (χ1n) is 9.87. The zero-order valence-electron chi connectivity index (χ0n) is 16.6. The zero-order valence-corrected chi connectivity index (χ0v) is 16.6. The van der Waals surface area contributed by atoms with Gasteiger partial charge >= 0.3 is 0 Å². The average molecular weight is 387 g/mol. The Labute approximate surface area is 171 Å². The minimum Gasteiger partial charge on any atom is -0.367 e. The van der Waals surface area contributed by atoms with Gasteiger partial charge in [-0.1, -0.05) is 36.4 Å². The van der Waals surface area contributed by atoms with Gasteiger partial charge in [0, 0.05) is 46.0 Å². The van der Waals surface area contributed by atoms with Crippen molar-refractivity contribution < 1.29 is 4.79 Å². The number of carbonyl (C=O) groups excluding carboxylic acids is 1. The SMILES string of the molecule is CN(Cc1ccccc1)C(=O)c1ccc(N2CCN(c3ccccn3)CC2)cn1. The number of hydrogen-bond donors (Lipinski definition) is 0. The summed E-state index contributed by atoms with van der Waals surface area (Å²) in [4.78, 5) is 27.8. The van der Waals surface area contributed by atoms with Crippen LogP contribution in [0.1, 0.15) is 16.1 Å². The molecule has 0 bridgehead atoms. The molecule has 1 fully saturated rings. The molecule has 1 aliphatic rings. The summed E-state index contributed by atoms with van der Waals surface area (Å²) in [5, 5.41) is 0. The van der Waals surface area contributed by atoms with Crippen molar-refractivity contribution in [2.75, 3.05) is 43.0 Å². The lowest BCUT2D eigenvalue weighted by molar-refractivity contribution is 0.0779. The molecule has 0 N–H and O–H groups in total. The Morgan fingerprint density at radius 3 is 2.28 bits per heavy atom. The van der Waals surface area contributed by atoms with Crippen molar-refractivity contribution in [3.8, 4) is 0 Å². The van der Waals surface area contributed by atoms with Crippen LogP contribution in [-0.4, -0.2) is 54.0 Å².